The van der Waals surface area contributed by atoms with E-state index in [0.717, 1.165) is 13.0 Å². The fourth-order valence-electron chi connectivity index (χ4n) is 1.70. The van der Waals surface area contributed by atoms with Crippen molar-refractivity contribution in [3.8, 4) is 11.6 Å². The standard InChI is InChI=1S/C15H17ClFN3O/c1-3-8-18-13-9-14(20-12(4-2)19-13)21-11-7-5-6-10(16)15(11)17/h5-7,9H,3-4,8H2,1-2H3,(H,18,19,20). The lowest BCUT2D eigenvalue weighted by Gasteiger charge is -2.10. The van der Waals surface area contributed by atoms with Crippen LogP contribution in [0.25, 0.3) is 0 Å². The van der Waals surface area contributed by atoms with Crippen LogP contribution in [0, 0.1) is 5.82 Å². The molecule has 0 spiro atoms. The monoisotopic (exact) mass is 309 g/mol. The summed E-state index contributed by atoms with van der Waals surface area (Å²) in [6.07, 6.45) is 1.64. The molecule has 4 nitrogen and oxygen atoms in total. The third-order valence-electron chi connectivity index (χ3n) is 2.75. The van der Waals surface area contributed by atoms with Crippen LogP contribution in [-0.2, 0) is 6.42 Å². The summed E-state index contributed by atoms with van der Waals surface area (Å²) in [6.45, 7) is 4.81. The van der Waals surface area contributed by atoms with Gasteiger partial charge in [0.2, 0.25) is 5.88 Å². The lowest BCUT2D eigenvalue weighted by Crippen LogP contribution is -2.05. The number of halogens is 2. The summed E-state index contributed by atoms with van der Waals surface area (Å²) in [6, 6.07) is 6.25. The zero-order valence-corrected chi connectivity index (χ0v) is 12.7. The van der Waals surface area contributed by atoms with Crippen LogP contribution in [0.2, 0.25) is 5.02 Å². The van der Waals surface area contributed by atoms with Crippen LogP contribution in [-0.4, -0.2) is 16.5 Å². The third-order valence-corrected chi connectivity index (χ3v) is 3.04. The fraction of sp³-hybridized carbons (Fsp3) is 0.333. The van der Waals surface area contributed by atoms with Crippen molar-refractivity contribution in [2.45, 2.75) is 26.7 Å². The van der Waals surface area contributed by atoms with E-state index >= 15 is 0 Å². The summed E-state index contributed by atoms with van der Waals surface area (Å²) in [5, 5.41) is 3.19. The molecule has 0 unspecified atom stereocenters. The second-order valence-electron chi connectivity index (χ2n) is 4.44. The van der Waals surface area contributed by atoms with Crippen LogP contribution in [0.3, 0.4) is 0 Å². The average molecular weight is 310 g/mol. The Bertz CT molecular complexity index is 622. The van der Waals surface area contributed by atoms with E-state index < -0.39 is 5.82 Å². The number of rotatable bonds is 6. The van der Waals surface area contributed by atoms with Gasteiger partial charge in [-0.05, 0) is 18.6 Å². The highest BCUT2D eigenvalue weighted by Gasteiger charge is 2.11. The van der Waals surface area contributed by atoms with Crippen molar-refractivity contribution < 1.29 is 9.13 Å². The van der Waals surface area contributed by atoms with E-state index in [2.05, 4.69) is 22.2 Å². The van der Waals surface area contributed by atoms with Gasteiger partial charge in [0.1, 0.15) is 11.6 Å². The van der Waals surface area contributed by atoms with E-state index in [9.17, 15) is 4.39 Å². The Morgan fingerprint density at radius 1 is 1.29 bits per heavy atom. The van der Waals surface area contributed by atoms with Gasteiger partial charge >= 0.3 is 0 Å². The maximum atomic E-state index is 13.9. The molecule has 1 aromatic carbocycles. The molecule has 0 saturated heterocycles. The van der Waals surface area contributed by atoms with Crippen LogP contribution in [0.15, 0.2) is 24.3 Å². The van der Waals surface area contributed by atoms with Crippen LogP contribution in [0.1, 0.15) is 26.1 Å². The van der Waals surface area contributed by atoms with Crippen molar-refractivity contribution in [3.63, 3.8) is 0 Å². The van der Waals surface area contributed by atoms with E-state index in [4.69, 9.17) is 16.3 Å². The van der Waals surface area contributed by atoms with Crippen molar-refractivity contribution in [2.75, 3.05) is 11.9 Å². The molecule has 0 bridgehead atoms. The Balaban J connectivity index is 2.28. The first-order chi connectivity index (χ1) is 10.1. The zero-order valence-electron chi connectivity index (χ0n) is 12.0. The summed E-state index contributed by atoms with van der Waals surface area (Å²) in [5.74, 6) is 1.04. The van der Waals surface area contributed by atoms with Gasteiger partial charge in [0.25, 0.3) is 0 Å². The largest absolute Gasteiger partial charge is 0.436 e. The van der Waals surface area contributed by atoms with Gasteiger partial charge in [-0.1, -0.05) is 31.5 Å². The van der Waals surface area contributed by atoms with Crippen molar-refractivity contribution >= 4 is 17.4 Å². The van der Waals surface area contributed by atoms with Crippen molar-refractivity contribution in [3.05, 3.63) is 40.9 Å². The Morgan fingerprint density at radius 3 is 2.81 bits per heavy atom. The summed E-state index contributed by atoms with van der Waals surface area (Å²) < 4.78 is 19.4. The second-order valence-corrected chi connectivity index (χ2v) is 4.85. The number of aryl methyl sites for hydroxylation is 1. The van der Waals surface area contributed by atoms with Crippen molar-refractivity contribution in [1.82, 2.24) is 9.97 Å². The molecule has 0 saturated carbocycles. The summed E-state index contributed by atoms with van der Waals surface area (Å²) in [7, 11) is 0. The molecule has 0 radical (unpaired) electrons. The zero-order chi connectivity index (χ0) is 15.2. The maximum absolute atomic E-state index is 13.9. The SMILES string of the molecule is CCCNc1cc(Oc2cccc(Cl)c2F)nc(CC)n1. The highest BCUT2D eigenvalue weighted by molar-refractivity contribution is 6.30. The first kappa shape index (κ1) is 15.5. The number of nitrogens with zero attached hydrogens (tertiary/aromatic N) is 2. The first-order valence-electron chi connectivity index (χ1n) is 6.87. The normalized spacial score (nSPS) is 10.5. The lowest BCUT2D eigenvalue weighted by atomic mass is 10.3. The Morgan fingerprint density at radius 2 is 2.10 bits per heavy atom. The van der Waals surface area contributed by atoms with Crippen LogP contribution >= 0.6 is 11.6 Å². The van der Waals surface area contributed by atoms with Gasteiger partial charge in [-0.15, -0.1) is 0 Å². The minimum Gasteiger partial charge on any atom is -0.436 e. The quantitative estimate of drug-likeness (QED) is 0.856. The molecule has 6 heteroatoms. The van der Waals surface area contributed by atoms with Gasteiger partial charge < -0.3 is 10.1 Å². The molecule has 0 aliphatic carbocycles. The van der Waals surface area contributed by atoms with Gasteiger partial charge in [-0.3, -0.25) is 0 Å². The molecule has 0 fully saturated rings. The highest BCUT2D eigenvalue weighted by Crippen LogP contribution is 2.28. The molecule has 0 aliphatic rings. The molecule has 112 valence electrons. The molecule has 0 amide bonds. The summed E-state index contributed by atoms with van der Waals surface area (Å²) in [5.41, 5.74) is 0. The highest BCUT2D eigenvalue weighted by atomic mass is 35.5. The summed E-state index contributed by atoms with van der Waals surface area (Å²) in [4.78, 5) is 8.59. The number of benzene rings is 1. The number of aromatic nitrogens is 2. The van der Waals surface area contributed by atoms with Crippen LogP contribution < -0.4 is 10.1 Å². The molecule has 21 heavy (non-hydrogen) atoms. The van der Waals surface area contributed by atoms with E-state index in [-0.39, 0.29) is 10.8 Å². The van der Waals surface area contributed by atoms with E-state index in [0.29, 0.717) is 23.9 Å². The number of hydrogen-bond donors (Lipinski definition) is 1. The predicted molar refractivity (Wildman–Crippen MR) is 81.7 cm³/mol. The predicted octanol–water partition coefficient (Wildman–Crippen LogP) is 4.45. The number of nitrogens with one attached hydrogen (secondary N) is 1. The van der Waals surface area contributed by atoms with Crippen LogP contribution in [0.4, 0.5) is 10.2 Å². The molecular formula is C15H17ClFN3O. The number of hydrogen-bond acceptors (Lipinski definition) is 4. The van der Waals surface area contributed by atoms with E-state index in [1.807, 2.05) is 6.92 Å². The van der Waals surface area contributed by atoms with Crippen molar-refractivity contribution in [1.29, 1.82) is 0 Å². The Kier molecular flexibility index (Phi) is 5.33. The number of ether oxygens (including phenoxy) is 1. The van der Waals surface area contributed by atoms with Crippen molar-refractivity contribution in [2.24, 2.45) is 0 Å². The lowest BCUT2D eigenvalue weighted by molar-refractivity contribution is 0.425. The smallest absolute Gasteiger partial charge is 0.224 e. The average Bonchev–Trinajstić information content (AvgIpc) is 2.49. The van der Waals surface area contributed by atoms with E-state index in [1.165, 1.54) is 12.1 Å². The molecule has 1 aromatic heterocycles. The van der Waals surface area contributed by atoms with Gasteiger partial charge in [0.15, 0.2) is 11.6 Å². The topological polar surface area (TPSA) is 47.0 Å². The van der Waals surface area contributed by atoms with E-state index in [1.54, 1.807) is 12.1 Å². The number of anilines is 1. The molecule has 2 rings (SSSR count). The summed E-state index contributed by atoms with van der Waals surface area (Å²) >= 11 is 5.74. The third kappa shape index (κ3) is 4.04. The van der Waals surface area contributed by atoms with Gasteiger partial charge in [-0.2, -0.15) is 4.98 Å². The maximum Gasteiger partial charge on any atom is 0.224 e. The minimum atomic E-state index is -0.598. The second kappa shape index (κ2) is 7.22. The molecule has 0 atom stereocenters. The molecule has 2 aromatic rings. The molecule has 1 N–H and O–H groups in total. The fourth-order valence-corrected chi connectivity index (χ4v) is 1.87. The van der Waals surface area contributed by atoms with Gasteiger partial charge in [-0.25, -0.2) is 9.37 Å². The molecular weight excluding hydrogens is 293 g/mol. The van der Waals surface area contributed by atoms with Gasteiger partial charge in [0.05, 0.1) is 5.02 Å². The Labute approximate surface area is 128 Å². The first-order valence-corrected chi connectivity index (χ1v) is 7.25. The van der Waals surface area contributed by atoms with Crippen LogP contribution in [0.5, 0.6) is 11.6 Å². The van der Waals surface area contributed by atoms with Gasteiger partial charge in [0, 0.05) is 19.0 Å². The minimum absolute atomic E-state index is 0.0154. The molecule has 0 aliphatic heterocycles. The molecule has 1 heterocycles. The Hall–Kier alpha value is -1.88.